The molecule has 1 aromatic heterocycles. The molecule has 0 amide bonds. The van der Waals surface area contributed by atoms with Crippen LogP contribution in [0.1, 0.15) is 24.5 Å². The summed E-state index contributed by atoms with van der Waals surface area (Å²) in [4.78, 5) is 4.11. The third-order valence-electron chi connectivity index (χ3n) is 2.39. The van der Waals surface area contributed by atoms with E-state index < -0.39 is 0 Å². The van der Waals surface area contributed by atoms with E-state index >= 15 is 0 Å². The van der Waals surface area contributed by atoms with Crippen molar-refractivity contribution < 1.29 is 9.47 Å². The first kappa shape index (κ1) is 9.27. The first-order valence-corrected chi connectivity index (χ1v) is 4.72. The van der Waals surface area contributed by atoms with Crippen LogP contribution in [0.15, 0.2) is 12.3 Å². The molecule has 0 aliphatic carbocycles. The summed E-state index contributed by atoms with van der Waals surface area (Å²) in [7, 11) is 1.56. The van der Waals surface area contributed by atoms with Gasteiger partial charge in [-0.25, -0.2) is 4.98 Å². The normalized spacial score (nSPS) is 21.1. The number of hydrogen-bond acceptors (Lipinski definition) is 4. The molecule has 1 aromatic rings. The minimum atomic E-state index is 0.163. The fourth-order valence-electron chi connectivity index (χ4n) is 1.67. The van der Waals surface area contributed by atoms with Gasteiger partial charge in [-0.1, -0.05) is 0 Å². The van der Waals surface area contributed by atoms with E-state index in [1.807, 2.05) is 6.07 Å². The number of nitrogen functional groups attached to an aromatic ring is 1. The third-order valence-corrected chi connectivity index (χ3v) is 2.39. The summed E-state index contributed by atoms with van der Waals surface area (Å²) < 4.78 is 10.5. The number of anilines is 1. The van der Waals surface area contributed by atoms with Gasteiger partial charge in [-0.15, -0.1) is 0 Å². The molecule has 0 saturated carbocycles. The van der Waals surface area contributed by atoms with Gasteiger partial charge in [0.25, 0.3) is 0 Å². The van der Waals surface area contributed by atoms with Crippen LogP contribution in [0.3, 0.4) is 0 Å². The van der Waals surface area contributed by atoms with Gasteiger partial charge >= 0.3 is 0 Å². The smallest absolute Gasteiger partial charge is 0.236 e. The molecule has 0 spiro atoms. The van der Waals surface area contributed by atoms with Gasteiger partial charge in [0.2, 0.25) is 5.88 Å². The average Bonchev–Trinajstić information content (AvgIpc) is 2.70. The molecule has 2 N–H and O–H groups in total. The standard InChI is InChI=1S/C10H14N2O2/c1-13-10-8(11)5-7(6-12-10)9-3-2-4-14-9/h5-6,9H,2-4,11H2,1H3. The number of nitrogens with zero attached hydrogens (tertiary/aromatic N) is 1. The van der Waals surface area contributed by atoms with Gasteiger partial charge in [-0.05, 0) is 18.9 Å². The van der Waals surface area contributed by atoms with Gasteiger partial charge in [-0.3, -0.25) is 0 Å². The Morgan fingerprint density at radius 1 is 1.64 bits per heavy atom. The largest absolute Gasteiger partial charge is 0.480 e. The summed E-state index contributed by atoms with van der Waals surface area (Å²) in [6.45, 7) is 0.830. The molecule has 0 aromatic carbocycles. The van der Waals surface area contributed by atoms with Gasteiger partial charge in [0.15, 0.2) is 0 Å². The lowest BCUT2D eigenvalue weighted by atomic mass is 10.1. The van der Waals surface area contributed by atoms with Crippen molar-refractivity contribution in [2.45, 2.75) is 18.9 Å². The first-order valence-electron chi connectivity index (χ1n) is 4.72. The monoisotopic (exact) mass is 194 g/mol. The Bertz CT molecular complexity index is 322. The Morgan fingerprint density at radius 3 is 3.07 bits per heavy atom. The summed E-state index contributed by atoms with van der Waals surface area (Å²) in [5.74, 6) is 0.478. The highest BCUT2D eigenvalue weighted by Gasteiger charge is 2.18. The number of methoxy groups -OCH3 is 1. The zero-order valence-corrected chi connectivity index (χ0v) is 8.19. The number of pyridine rings is 1. The van der Waals surface area contributed by atoms with Crippen LogP contribution in [0.25, 0.3) is 0 Å². The van der Waals surface area contributed by atoms with Crippen LogP contribution in [0, 0.1) is 0 Å². The summed E-state index contributed by atoms with van der Waals surface area (Å²) >= 11 is 0. The van der Waals surface area contributed by atoms with Crippen molar-refractivity contribution in [2.24, 2.45) is 0 Å². The van der Waals surface area contributed by atoms with Gasteiger partial charge in [-0.2, -0.15) is 0 Å². The van der Waals surface area contributed by atoms with Crippen LogP contribution in [0.4, 0.5) is 5.69 Å². The van der Waals surface area contributed by atoms with Crippen LogP contribution >= 0.6 is 0 Å². The van der Waals surface area contributed by atoms with Crippen molar-refractivity contribution >= 4 is 5.69 Å². The lowest BCUT2D eigenvalue weighted by Gasteiger charge is -2.11. The van der Waals surface area contributed by atoms with Crippen LogP contribution in [-0.2, 0) is 4.74 Å². The second-order valence-electron chi connectivity index (χ2n) is 3.37. The fraction of sp³-hybridized carbons (Fsp3) is 0.500. The quantitative estimate of drug-likeness (QED) is 0.775. The van der Waals surface area contributed by atoms with E-state index in [9.17, 15) is 0 Å². The van der Waals surface area contributed by atoms with E-state index in [2.05, 4.69) is 4.98 Å². The molecule has 1 fully saturated rings. The van der Waals surface area contributed by atoms with Gasteiger partial charge in [0.1, 0.15) is 0 Å². The molecule has 1 aliphatic rings. The van der Waals surface area contributed by atoms with E-state index in [1.54, 1.807) is 13.3 Å². The van der Waals surface area contributed by atoms with Crippen molar-refractivity contribution in [1.29, 1.82) is 0 Å². The number of nitrogens with two attached hydrogens (primary N) is 1. The Hall–Kier alpha value is -1.29. The van der Waals surface area contributed by atoms with Gasteiger partial charge in [0.05, 0.1) is 18.9 Å². The summed E-state index contributed by atoms with van der Waals surface area (Å²) in [5, 5.41) is 0. The average molecular weight is 194 g/mol. The minimum Gasteiger partial charge on any atom is -0.480 e. The van der Waals surface area contributed by atoms with E-state index in [1.165, 1.54) is 0 Å². The number of aromatic nitrogens is 1. The highest BCUT2D eigenvalue weighted by molar-refractivity contribution is 5.49. The van der Waals surface area contributed by atoms with Crippen molar-refractivity contribution in [2.75, 3.05) is 19.5 Å². The highest BCUT2D eigenvalue weighted by atomic mass is 16.5. The maximum absolute atomic E-state index is 5.76. The molecule has 0 radical (unpaired) electrons. The molecule has 1 aliphatic heterocycles. The molecule has 1 unspecified atom stereocenters. The molecule has 4 heteroatoms. The molecule has 76 valence electrons. The highest BCUT2D eigenvalue weighted by Crippen LogP contribution is 2.30. The SMILES string of the molecule is COc1ncc(C2CCCO2)cc1N. The number of hydrogen-bond donors (Lipinski definition) is 1. The van der Waals surface area contributed by atoms with Crippen molar-refractivity contribution in [3.63, 3.8) is 0 Å². The number of ether oxygens (including phenoxy) is 2. The number of rotatable bonds is 2. The maximum atomic E-state index is 5.76. The summed E-state index contributed by atoms with van der Waals surface area (Å²) in [6.07, 6.45) is 4.09. The molecular weight excluding hydrogens is 180 g/mol. The van der Waals surface area contributed by atoms with Crippen LogP contribution < -0.4 is 10.5 Å². The van der Waals surface area contributed by atoms with E-state index in [0.717, 1.165) is 25.0 Å². The molecule has 2 heterocycles. The van der Waals surface area contributed by atoms with E-state index in [-0.39, 0.29) is 6.10 Å². The van der Waals surface area contributed by atoms with Crippen LogP contribution in [0.5, 0.6) is 5.88 Å². The molecular formula is C10H14N2O2. The van der Waals surface area contributed by atoms with Crippen molar-refractivity contribution in [3.8, 4) is 5.88 Å². The summed E-state index contributed by atoms with van der Waals surface area (Å²) in [5.41, 5.74) is 7.37. The minimum absolute atomic E-state index is 0.163. The van der Waals surface area contributed by atoms with E-state index in [4.69, 9.17) is 15.2 Å². The van der Waals surface area contributed by atoms with E-state index in [0.29, 0.717) is 11.6 Å². The summed E-state index contributed by atoms with van der Waals surface area (Å²) in [6, 6.07) is 1.88. The molecule has 1 saturated heterocycles. The Balaban J connectivity index is 2.23. The Morgan fingerprint density at radius 2 is 2.50 bits per heavy atom. The predicted octanol–water partition coefficient (Wildman–Crippen LogP) is 1.52. The Labute approximate surface area is 83.0 Å². The predicted molar refractivity (Wildman–Crippen MR) is 53.1 cm³/mol. The topological polar surface area (TPSA) is 57.4 Å². The first-order chi connectivity index (χ1) is 6.81. The fourth-order valence-corrected chi connectivity index (χ4v) is 1.67. The second-order valence-corrected chi connectivity index (χ2v) is 3.37. The molecule has 14 heavy (non-hydrogen) atoms. The molecule has 1 atom stereocenters. The Kier molecular flexibility index (Phi) is 2.54. The van der Waals surface area contributed by atoms with Crippen LogP contribution in [-0.4, -0.2) is 18.7 Å². The molecule has 4 nitrogen and oxygen atoms in total. The van der Waals surface area contributed by atoms with Crippen molar-refractivity contribution in [3.05, 3.63) is 17.8 Å². The van der Waals surface area contributed by atoms with Gasteiger partial charge < -0.3 is 15.2 Å². The second kappa shape index (κ2) is 3.84. The molecule has 2 rings (SSSR count). The van der Waals surface area contributed by atoms with Crippen LogP contribution in [0.2, 0.25) is 0 Å². The zero-order valence-electron chi connectivity index (χ0n) is 8.19. The lowest BCUT2D eigenvalue weighted by Crippen LogP contribution is -2.01. The molecule has 0 bridgehead atoms. The van der Waals surface area contributed by atoms with Gasteiger partial charge in [0, 0.05) is 18.4 Å². The van der Waals surface area contributed by atoms with Crippen molar-refractivity contribution in [1.82, 2.24) is 4.98 Å². The lowest BCUT2D eigenvalue weighted by molar-refractivity contribution is 0.111. The maximum Gasteiger partial charge on any atom is 0.236 e. The zero-order chi connectivity index (χ0) is 9.97. The third kappa shape index (κ3) is 1.65.